The molecule has 1 N–H and O–H groups in total. The lowest BCUT2D eigenvalue weighted by atomic mass is 10.4. The topological polar surface area (TPSA) is 25.2 Å². The summed E-state index contributed by atoms with van der Waals surface area (Å²) in [4.78, 5) is 0. The van der Waals surface area contributed by atoms with Crippen LogP contribution in [0.3, 0.4) is 0 Å². The van der Waals surface area contributed by atoms with E-state index in [9.17, 15) is 0 Å². The Balaban J connectivity index is 2.64. The molecule has 0 saturated carbocycles. The Bertz CT molecular complexity index is 261. The van der Waals surface area contributed by atoms with E-state index in [0.29, 0.717) is 0 Å². The SMILES string of the molecule is CNC/C=C/c1cc(Br)c(Br)o1. The minimum atomic E-state index is 0.728. The summed E-state index contributed by atoms with van der Waals surface area (Å²) < 4.78 is 6.98. The Morgan fingerprint density at radius 2 is 2.33 bits per heavy atom. The molecule has 0 aromatic carbocycles. The summed E-state index contributed by atoms with van der Waals surface area (Å²) in [6.07, 6.45) is 3.92. The fourth-order valence-electron chi connectivity index (χ4n) is 0.738. The maximum absolute atomic E-state index is 5.32. The average molecular weight is 295 g/mol. The van der Waals surface area contributed by atoms with Gasteiger partial charge in [-0.2, -0.15) is 0 Å². The van der Waals surface area contributed by atoms with Gasteiger partial charge in [0.05, 0.1) is 4.47 Å². The summed E-state index contributed by atoms with van der Waals surface area (Å²) in [5.41, 5.74) is 0. The highest BCUT2D eigenvalue weighted by Crippen LogP contribution is 2.27. The molecule has 1 aromatic heterocycles. The van der Waals surface area contributed by atoms with Crippen molar-refractivity contribution in [3.8, 4) is 0 Å². The van der Waals surface area contributed by atoms with Crippen molar-refractivity contribution in [3.63, 3.8) is 0 Å². The van der Waals surface area contributed by atoms with E-state index in [2.05, 4.69) is 37.2 Å². The van der Waals surface area contributed by atoms with E-state index >= 15 is 0 Å². The van der Waals surface area contributed by atoms with Crippen LogP contribution in [-0.4, -0.2) is 13.6 Å². The number of furan rings is 1. The fourth-order valence-corrected chi connectivity index (χ4v) is 1.35. The van der Waals surface area contributed by atoms with Gasteiger partial charge in [-0.3, -0.25) is 0 Å². The third-order valence-corrected chi connectivity index (χ3v) is 2.98. The Labute approximate surface area is 88.3 Å². The minimum absolute atomic E-state index is 0.728. The molecule has 0 aliphatic heterocycles. The molecule has 0 amide bonds. The zero-order chi connectivity index (χ0) is 8.97. The van der Waals surface area contributed by atoms with E-state index in [0.717, 1.165) is 21.4 Å². The van der Waals surface area contributed by atoms with Gasteiger partial charge in [-0.1, -0.05) is 6.08 Å². The second-order valence-corrected chi connectivity index (χ2v) is 3.81. The van der Waals surface area contributed by atoms with Gasteiger partial charge in [0.15, 0.2) is 4.67 Å². The molecule has 1 rings (SSSR count). The van der Waals surface area contributed by atoms with E-state index in [4.69, 9.17) is 4.42 Å². The lowest BCUT2D eigenvalue weighted by Crippen LogP contribution is -2.03. The molecule has 4 heteroatoms. The normalized spacial score (nSPS) is 11.2. The summed E-state index contributed by atoms with van der Waals surface area (Å²) in [5.74, 6) is 0.837. The first kappa shape index (κ1) is 10.0. The van der Waals surface area contributed by atoms with E-state index in [1.165, 1.54) is 0 Å². The van der Waals surface area contributed by atoms with Crippen LogP contribution in [0.4, 0.5) is 0 Å². The molecule has 0 radical (unpaired) electrons. The molecule has 2 nitrogen and oxygen atoms in total. The molecule has 1 heterocycles. The molecule has 0 aliphatic rings. The van der Waals surface area contributed by atoms with Gasteiger partial charge in [0.25, 0.3) is 0 Å². The van der Waals surface area contributed by atoms with Gasteiger partial charge in [-0.05, 0) is 51.0 Å². The number of hydrogen-bond acceptors (Lipinski definition) is 2. The van der Waals surface area contributed by atoms with E-state index < -0.39 is 0 Å². The van der Waals surface area contributed by atoms with E-state index in [1.54, 1.807) is 0 Å². The van der Waals surface area contributed by atoms with Crippen molar-refractivity contribution in [2.24, 2.45) is 0 Å². The van der Waals surface area contributed by atoms with E-state index in [1.807, 2.05) is 25.3 Å². The molecule has 0 aliphatic carbocycles. The lowest BCUT2D eigenvalue weighted by Gasteiger charge is -1.86. The summed E-state index contributed by atoms with van der Waals surface area (Å²) >= 11 is 6.60. The molecule has 0 unspecified atom stereocenters. The van der Waals surface area contributed by atoms with Crippen molar-refractivity contribution >= 4 is 37.9 Å². The Hall–Kier alpha value is -0.0600. The van der Waals surface area contributed by atoms with Crippen molar-refractivity contribution < 1.29 is 4.42 Å². The standard InChI is InChI=1S/C8H9Br2NO/c1-11-4-2-3-6-5-7(9)8(10)12-6/h2-3,5,11H,4H2,1H3/b3-2+. The van der Waals surface area contributed by atoms with Crippen LogP contribution >= 0.6 is 31.9 Å². The third kappa shape index (κ3) is 2.77. The van der Waals surface area contributed by atoms with Crippen LogP contribution < -0.4 is 5.32 Å². The first-order chi connectivity index (χ1) is 5.74. The van der Waals surface area contributed by atoms with Crippen molar-refractivity contribution in [2.75, 3.05) is 13.6 Å². The lowest BCUT2D eigenvalue weighted by molar-refractivity contribution is 0.529. The maximum atomic E-state index is 5.32. The van der Waals surface area contributed by atoms with Crippen molar-refractivity contribution in [1.29, 1.82) is 0 Å². The molecule has 0 spiro atoms. The highest BCUT2D eigenvalue weighted by Gasteiger charge is 2.01. The smallest absolute Gasteiger partial charge is 0.184 e. The minimum Gasteiger partial charge on any atom is -0.449 e. The summed E-state index contributed by atoms with van der Waals surface area (Å²) in [5, 5.41) is 3.01. The number of rotatable bonds is 3. The largest absolute Gasteiger partial charge is 0.449 e. The summed E-state index contributed by atoms with van der Waals surface area (Å²) in [7, 11) is 1.90. The molecular formula is C8H9Br2NO. The highest BCUT2D eigenvalue weighted by atomic mass is 79.9. The Morgan fingerprint density at radius 1 is 1.58 bits per heavy atom. The zero-order valence-electron chi connectivity index (χ0n) is 6.60. The molecule has 0 saturated heterocycles. The van der Waals surface area contributed by atoms with Crippen LogP contribution in [0.2, 0.25) is 0 Å². The summed E-state index contributed by atoms with van der Waals surface area (Å²) in [6.45, 7) is 0.843. The number of likely N-dealkylation sites (N-methyl/N-ethyl adjacent to an activating group) is 1. The zero-order valence-corrected chi connectivity index (χ0v) is 9.78. The predicted molar refractivity (Wildman–Crippen MR) is 57.1 cm³/mol. The van der Waals surface area contributed by atoms with Crippen molar-refractivity contribution in [2.45, 2.75) is 0 Å². The molecule has 0 fully saturated rings. The van der Waals surface area contributed by atoms with Gasteiger partial charge in [0.2, 0.25) is 0 Å². The molecule has 0 atom stereocenters. The van der Waals surface area contributed by atoms with Gasteiger partial charge in [-0.15, -0.1) is 0 Å². The maximum Gasteiger partial charge on any atom is 0.184 e. The van der Waals surface area contributed by atoms with Gasteiger partial charge in [0, 0.05) is 6.54 Å². The molecule has 66 valence electrons. The van der Waals surface area contributed by atoms with Crippen LogP contribution in [0.5, 0.6) is 0 Å². The number of hydrogen-bond donors (Lipinski definition) is 1. The first-order valence-corrected chi connectivity index (χ1v) is 5.08. The second-order valence-electron chi connectivity index (χ2n) is 2.23. The monoisotopic (exact) mass is 293 g/mol. The van der Waals surface area contributed by atoms with Gasteiger partial charge in [0.1, 0.15) is 5.76 Å². The average Bonchev–Trinajstić information content (AvgIpc) is 2.32. The second kappa shape index (κ2) is 4.84. The number of nitrogens with one attached hydrogen (secondary N) is 1. The van der Waals surface area contributed by atoms with Crippen molar-refractivity contribution in [1.82, 2.24) is 5.32 Å². The van der Waals surface area contributed by atoms with Crippen LogP contribution in [0.25, 0.3) is 6.08 Å². The van der Waals surface area contributed by atoms with Crippen molar-refractivity contribution in [3.05, 3.63) is 27.0 Å². The first-order valence-electron chi connectivity index (χ1n) is 3.50. The molecule has 1 aromatic rings. The molecule has 12 heavy (non-hydrogen) atoms. The Kier molecular flexibility index (Phi) is 4.05. The van der Waals surface area contributed by atoms with Crippen LogP contribution in [0, 0.1) is 0 Å². The Morgan fingerprint density at radius 3 is 2.83 bits per heavy atom. The van der Waals surface area contributed by atoms with Gasteiger partial charge >= 0.3 is 0 Å². The van der Waals surface area contributed by atoms with Crippen LogP contribution in [0.1, 0.15) is 5.76 Å². The van der Waals surface area contributed by atoms with Gasteiger partial charge in [-0.25, -0.2) is 0 Å². The van der Waals surface area contributed by atoms with Crippen LogP contribution in [0.15, 0.2) is 25.7 Å². The predicted octanol–water partition coefficient (Wildman–Crippen LogP) is 3.04. The summed E-state index contributed by atoms with van der Waals surface area (Å²) in [6, 6.07) is 1.91. The number of halogens is 2. The highest BCUT2D eigenvalue weighted by molar-refractivity contribution is 9.13. The van der Waals surface area contributed by atoms with E-state index in [-0.39, 0.29) is 0 Å². The molecule has 0 bridgehead atoms. The third-order valence-electron chi connectivity index (χ3n) is 1.27. The van der Waals surface area contributed by atoms with Crippen LogP contribution in [-0.2, 0) is 0 Å². The quantitative estimate of drug-likeness (QED) is 0.927. The molecular weight excluding hydrogens is 286 g/mol. The van der Waals surface area contributed by atoms with Gasteiger partial charge < -0.3 is 9.73 Å². The fraction of sp³-hybridized carbons (Fsp3) is 0.250.